The molecule has 3 rings (SSSR count). The highest BCUT2D eigenvalue weighted by molar-refractivity contribution is 7.92. The van der Waals surface area contributed by atoms with Crippen molar-refractivity contribution in [2.75, 3.05) is 4.72 Å². The molecule has 7 heteroatoms. The highest BCUT2D eigenvalue weighted by atomic mass is 35.5. The quantitative estimate of drug-likeness (QED) is 0.629. The summed E-state index contributed by atoms with van der Waals surface area (Å²) >= 11 is 12.0. The van der Waals surface area contributed by atoms with Crippen LogP contribution in [0.15, 0.2) is 53.4 Å². The average Bonchev–Trinajstić information content (AvgIpc) is 2.54. The zero-order chi connectivity index (χ0) is 17.5. The first-order valence-electron chi connectivity index (χ1n) is 6.99. The van der Waals surface area contributed by atoms with Crippen molar-refractivity contribution in [3.63, 3.8) is 0 Å². The molecule has 124 valence electrons. The van der Waals surface area contributed by atoms with Crippen LogP contribution in [0.1, 0.15) is 5.56 Å². The van der Waals surface area contributed by atoms with Crippen LogP contribution < -0.4 is 4.72 Å². The number of hydrogen-bond acceptors (Lipinski definition) is 3. The van der Waals surface area contributed by atoms with Gasteiger partial charge in [0.25, 0.3) is 10.0 Å². The number of aromatic hydroxyl groups is 1. The Labute approximate surface area is 149 Å². The third-order valence-electron chi connectivity index (χ3n) is 3.72. The average molecular weight is 382 g/mol. The van der Waals surface area contributed by atoms with Gasteiger partial charge in [0.1, 0.15) is 5.75 Å². The van der Waals surface area contributed by atoms with Crippen LogP contribution in [-0.4, -0.2) is 13.5 Å². The lowest BCUT2D eigenvalue weighted by Gasteiger charge is -2.14. The third kappa shape index (κ3) is 2.90. The first-order valence-corrected chi connectivity index (χ1v) is 9.23. The Morgan fingerprint density at radius 2 is 1.62 bits per heavy atom. The van der Waals surface area contributed by atoms with Crippen molar-refractivity contribution >= 4 is 49.7 Å². The number of nitrogens with one attached hydrogen (secondary N) is 1. The van der Waals surface area contributed by atoms with Crippen molar-refractivity contribution in [3.05, 3.63) is 64.1 Å². The van der Waals surface area contributed by atoms with E-state index in [1.807, 2.05) is 0 Å². The molecule has 0 bridgehead atoms. The van der Waals surface area contributed by atoms with Gasteiger partial charge in [-0.1, -0.05) is 53.5 Å². The summed E-state index contributed by atoms with van der Waals surface area (Å²) in [5, 5.41) is 11.5. The highest BCUT2D eigenvalue weighted by Crippen LogP contribution is 2.38. The minimum Gasteiger partial charge on any atom is -0.506 e. The van der Waals surface area contributed by atoms with Crippen molar-refractivity contribution in [2.24, 2.45) is 0 Å². The van der Waals surface area contributed by atoms with E-state index < -0.39 is 10.0 Å². The summed E-state index contributed by atoms with van der Waals surface area (Å²) in [5.41, 5.74) is 0.744. The van der Waals surface area contributed by atoms with Gasteiger partial charge in [-0.3, -0.25) is 4.72 Å². The van der Waals surface area contributed by atoms with Gasteiger partial charge in [-0.25, -0.2) is 8.42 Å². The Bertz CT molecular complexity index is 1050. The van der Waals surface area contributed by atoms with Gasteiger partial charge in [0.2, 0.25) is 0 Å². The normalized spacial score (nSPS) is 11.6. The number of hydrogen-bond donors (Lipinski definition) is 2. The van der Waals surface area contributed by atoms with E-state index >= 15 is 0 Å². The number of fused-ring (bicyclic) bond motifs is 1. The molecule has 0 aliphatic rings. The molecule has 0 amide bonds. The minimum atomic E-state index is -3.86. The molecule has 0 aromatic heterocycles. The summed E-state index contributed by atoms with van der Waals surface area (Å²) in [5.74, 6) is -0.0887. The van der Waals surface area contributed by atoms with E-state index in [1.54, 1.807) is 43.3 Å². The van der Waals surface area contributed by atoms with Gasteiger partial charge in [-0.05, 0) is 30.7 Å². The van der Waals surface area contributed by atoms with Crippen molar-refractivity contribution in [1.29, 1.82) is 0 Å². The predicted molar refractivity (Wildman–Crippen MR) is 97.6 cm³/mol. The SMILES string of the molecule is Cc1c(Cl)cccc1S(=O)(=O)Nc1cc(Cl)c(O)c2ccccc12. The lowest BCUT2D eigenvalue weighted by Crippen LogP contribution is -2.14. The lowest BCUT2D eigenvalue weighted by atomic mass is 10.1. The van der Waals surface area contributed by atoms with Crippen LogP contribution >= 0.6 is 23.2 Å². The Morgan fingerprint density at radius 1 is 0.958 bits per heavy atom. The standard InChI is InChI=1S/C17H13Cl2NO3S/c1-10-13(18)7-4-8-16(10)24(22,23)20-15-9-14(19)17(21)12-6-3-2-5-11(12)15/h2-9,20-21H,1H3. The summed E-state index contributed by atoms with van der Waals surface area (Å²) in [6.45, 7) is 1.64. The Balaban J connectivity index is 2.16. The molecule has 0 spiro atoms. The summed E-state index contributed by atoms with van der Waals surface area (Å²) in [4.78, 5) is 0.0864. The molecular weight excluding hydrogens is 369 g/mol. The van der Waals surface area contributed by atoms with Crippen LogP contribution in [0.3, 0.4) is 0 Å². The first kappa shape index (κ1) is 16.9. The number of benzene rings is 3. The summed E-state index contributed by atoms with van der Waals surface area (Å²) < 4.78 is 28.0. The maximum atomic E-state index is 12.7. The van der Waals surface area contributed by atoms with Gasteiger partial charge in [0.05, 0.1) is 15.6 Å². The number of phenolic OH excluding ortho intramolecular Hbond substituents is 1. The minimum absolute atomic E-state index is 0.0641. The molecule has 24 heavy (non-hydrogen) atoms. The third-order valence-corrected chi connectivity index (χ3v) is 5.93. The number of phenols is 1. The van der Waals surface area contributed by atoms with Gasteiger partial charge in [0, 0.05) is 15.8 Å². The molecule has 2 N–H and O–H groups in total. The monoisotopic (exact) mass is 381 g/mol. The predicted octanol–water partition coefficient (Wildman–Crippen LogP) is 4.96. The van der Waals surface area contributed by atoms with Gasteiger partial charge in [0.15, 0.2) is 0 Å². The molecule has 0 saturated heterocycles. The molecule has 4 nitrogen and oxygen atoms in total. The van der Waals surface area contributed by atoms with Crippen LogP contribution in [0, 0.1) is 6.92 Å². The largest absolute Gasteiger partial charge is 0.506 e. The van der Waals surface area contributed by atoms with Crippen LogP contribution in [-0.2, 0) is 10.0 Å². The molecule has 0 saturated carbocycles. The Kier molecular flexibility index (Phi) is 4.34. The van der Waals surface area contributed by atoms with E-state index in [1.165, 1.54) is 12.1 Å². The van der Waals surface area contributed by atoms with Crippen molar-refractivity contribution in [2.45, 2.75) is 11.8 Å². The second-order valence-corrected chi connectivity index (χ2v) is 7.73. The van der Waals surface area contributed by atoms with Gasteiger partial charge < -0.3 is 5.11 Å². The molecule has 0 unspecified atom stereocenters. The maximum Gasteiger partial charge on any atom is 0.262 e. The number of rotatable bonds is 3. The van der Waals surface area contributed by atoms with Crippen LogP contribution in [0.2, 0.25) is 10.0 Å². The van der Waals surface area contributed by atoms with Gasteiger partial charge in [-0.15, -0.1) is 0 Å². The van der Waals surface area contributed by atoms with E-state index in [9.17, 15) is 13.5 Å². The van der Waals surface area contributed by atoms with E-state index in [0.717, 1.165) is 0 Å². The van der Waals surface area contributed by atoms with Gasteiger partial charge in [-0.2, -0.15) is 0 Å². The van der Waals surface area contributed by atoms with Crippen molar-refractivity contribution < 1.29 is 13.5 Å². The van der Waals surface area contributed by atoms with Crippen LogP contribution in [0.25, 0.3) is 10.8 Å². The number of halogens is 2. The lowest BCUT2D eigenvalue weighted by molar-refractivity contribution is 0.482. The molecule has 0 radical (unpaired) electrons. The maximum absolute atomic E-state index is 12.7. The zero-order valence-electron chi connectivity index (χ0n) is 12.5. The molecular formula is C17H13Cl2NO3S. The second-order valence-electron chi connectivity index (χ2n) is 5.27. The molecule has 0 fully saturated rings. The van der Waals surface area contributed by atoms with E-state index in [2.05, 4.69) is 4.72 Å². The van der Waals surface area contributed by atoms with Crippen molar-refractivity contribution in [1.82, 2.24) is 0 Å². The first-order chi connectivity index (χ1) is 11.3. The van der Waals surface area contributed by atoms with E-state index in [4.69, 9.17) is 23.2 Å². The Morgan fingerprint density at radius 3 is 2.33 bits per heavy atom. The molecule has 0 heterocycles. The highest BCUT2D eigenvalue weighted by Gasteiger charge is 2.20. The molecule has 3 aromatic rings. The number of anilines is 1. The molecule has 0 atom stereocenters. The molecule has 3 aromatic carbocycles. The Hall–Kier alpha value is -1.95. The van der Waals surface area contributed by atoms with Crippen molar-refractivity contribution in [3.8, 4) is 5.75 Å². The smallest absolute Gasteiger partial charge is 0.262 e. The van der Waals surface area contributed by atoms with Gasteiger partial charge >= 0.3 is 0 Å². The fraction of sp³-hybridized carbons (Fsp3) is 0.0588. The van der Waals surface area contributed by atoms with Crippen LogP contribution in [0.4, 0.5) is 5.69 Å². The summed E-state index contributed by atoms with van der Waals surface area (Å²) in [6, 6.07) is 12.9. The van der Waals surface area contributed by atoms with E-state index in [0.29, 0.717) is 21.4 Å². The molecule has 0 aliphatic heterocycles. The van der Waals surface area contributed by atoms with Crippen LogP contribution in [0.5, 0.6) is 5.75 Å². The summed E-state index contributed by atoms with van der Waals surface area (Å²) in [6.07, 6.45) is 0. The fourth-order valence-corrected chi connectivity index (χ4v) is 4.27. The second kappa shape index (κ2) is 6.16. The number of sulfonamides is 1. The topological polar surface area (TPSA) is 66.4 Å². The van der Waals surface area contributed by atoms with E-state index in [-0.39, 0.29) is 21.4 Å². The molecule has 0 aliphatic carbocycles. The fourth-order valence-electron chi connectivity index (χ4n) is 2.49. The summed E-state index contributed by atoms with van der Waals surface area (Å²) in [7, 11) is -3.86. The zero-order valence-corrected chi connectivity index (χ0v) is 14.9.